The normalized spacial score (nSPS) is 20.4. The summed E-state index contributed by atoms with van der Waals surface area (Å²) < 4.78 is 5.84. The number of furan rings is 1. The van der Waals surface area contributed by atoms with Crippen LogP contribution in [-0.2, 0) is 4.79 Å². The fraction of sp³-hybridized carbons (Fsp3) is 0.200. The third-order valence-corrected chi connectivity index (χ3v) is 6.17. The number of hydrogen-bond acceptors (Lipinski definition) is 6. The molecule has 146 valence electrons. The van der Waals surface area contributed by atoms with E-state index in [4.69, 9.17) is 21.4 Å². The minimum Gasteiger partial charge on any atom is -0.457 e. The Balaban J connectivity index is 1.44. The summed E-state index contributed by atoms with van der Waals surface area (Å²) in [5.41, 5.74) is 0.904. The van der Waals surface area contributed by atoms with Gasteiger partial charge in [-0.05, 0) is 54.9 Å². The fourth-order valence-corrected chi connectivity index (χ4v) is 4.57. The predicted octanol–water partition coefficient (Wildman–Crippen LogP) is 4.27. The topological polar surface area (TPSA) is 85.3 Å². The van der Waals surface area contributed by atoms with Gasteiger partial charge in [0.15, 0.2) is 11.0 Å². The molecule has 7 nitrogen and oxygen atoms in total. The van der Waals surface area contributed by atoms with E-state index in [1.807, 2.05) is 18.2 Å². The van der Waals surface area contributed by atoms with E-state index in [1.54, 1.807) is 18.2 Å². The second kappa shape index (κ2) is 7.20. The highest BCUT2D eigenvalue weighted by Gasteiger charge is 2.37. The van der Waals surface area contributed by atoms with Gasteiger partial charge in [0.1, 0.15) is 11.5 Å². The van der Waals surface area contributed by atoms with Gasteiger partial charge in [0.2, 0.25) is 5.17 Å². The number of fused-ring (bicyclic) bond motifs is 1. The van der Waals surface area contributed by atoms with Crippen LogP contribution in [0.1, 0.15) is 18.6 Å². The first kappa shape index (κ1) is 18.2. The molecule has 5 rings (SSSR count). The molecule has 1 amide bonds. The van der Waals surface area contributed by atoms with E-state index < -0.39 is 5.91 Å². The Morgan fingerprint density at radius 3 is 2.72 bits per heavy atom. The van der Waals surface area contributed by atoms with Crippen LogP contribution in [-0.4, -0.2) is 45.1 Å². The Morgan fingerprint density at radius 1 is 1.14 bits per heavy atom. The quantitative estimate of drug-likeness (QED) is 0.726. The number of rotatable bonds is 2. The number of carbonyl (C=O) groups is 1. The van der Waals surface area contributed by atoms with Crippen LogP contribution in [0.25, 0.3) is 17.4 Å². The molecule has 4 heterocycles. The largest absolute Gasteiger partial charge is 0.457 e. The van der Waals surface area contributed by atoms with Gasteiger partial charge in [0, 0.05) is 18.7 Å². The summed E-state index contributed by atoms with van der Waals surface area (Å²) in [4.78, 5) is 18.8. The molecule has 3 aliphatic heterocycles. The standard InChI is InChI=1S/C20H16ClN5O2S/c21-15-6-2-1-5-13(15)16-8-7-12(28-16)11-14-17(22)26-19(23-18(14)27)29-20(24-26)25-9-3-4-10-25/h1-2,5-8,11,22H,3-4,9-10H2/b14-11-,22-17?. The average Bonchev–Trinajstić information content (AvgIpc) is 3.45. The molecule has 0 aliphatic carbocycles. The van der Waals surface area contributed by atoms with Crippen molar-refractivity contribution in [2.24, 2.45) is 10.1 Å². The summed E-state index contributed by atoms with van der Waals surface area (Å²) in [6.07, 6.45) is 3.78. The average molecular weight is 426 g/mol. The van der Waals surface area contributed by atoms with Crippen molar-refractivity contribution in [3.05, 3.63) is 52.8 Å². The molecule has 9 heteroatoms. The number of amidine groups is 3. The lowest BCUT2D eigenvalue weighted by Crippen LogP contribution is -2.35. The monoisotopic (exact) mass is 425 g/mol. The number of aliphatic imine (C=N–C) groups is 1. The number of hydrazone groups is 1. The second-order valence-electron chi connectivity index (χ2n) is 6.78. The van der Waals surface area contributed by atoms with Gasteiger partial charge in [0.25, 0.3) is 5.91 Å². The third kappa shape index (κ3) is 3.28. The number of hydrogen-bond donors (Lipinski definition) is 1. The number of halogens is 1. The smallest absolute Gasteiger partial charge is 0.283 e. The van der Waals surface area contributed by atoms with Crippen molar-refractivity contribution in [2.75, 3.05) is 13.1 Å². The molecule has 0 saturated carbocycles. The molecule has 29 heavy (non-hydrogen) atoms. The highest BCUT2D eigenvalue weighted by molar-refractivity contribution is 8.26. The lowest BCUT2D eigenvalue weighted by atomic mass is 10.1. The lowest BCUT2D eigenvalue weighted by molar-refractivity contribution is -0.114. The van der Waals surface area contributed by atoms with Crippen LogP contribution in [0.3, 0.4) is 0 Å². The van der Waals surface area contributed by atoms with Crippen LogP contribution in [0.2, 0.25) is 5.02 Å². The minimum atomic E-state index is -0.470. The Hall–Kier alpha value is -2.84. The molecule has 1 aromatic heterocycles. The maximum Gasteiger partial charge on any atom is 0.283 e. The number of likely N-dealkylation sites (tertiary alicyclic amines) is 1. The number of carbonyl (C=O) groups excluding carboxylic acids is 1. The number of nitrogens with zero attached hydrogens (tertiary/aromatic N) is 4. The third-order valence-electron chi connectivity index (χ3n) is 4.87. The number of thioether (sulfide) groups is 1. The van der Waals surface area contributed by atoms with Crippen molar-refractivity contribution in [1.82, 2.24) is 9.91 Å². The van der Waals surface area contributed by atoms with Gasteiger partial charge in [-0.25, -0.2) is 0 Å². The van der Waals surface area contributed by atoms with Crippen LogP contribution in [0.15, 0.2) is 56.5 Å². The van der Waals surface area contributed by atoms with Gasteiger partial charge in [-0.1, -0.05) is 23.7 Å². The SMILES string of the molecule is N=C1/C(=C/c2ccc(-c3ccccc3Cl)o2)C(=O)N=C2SC(N3CCCC3)=NN12. The molecule has 1 aromatic carbocycles. The number of nitrogens with one attached hydrogen (secondary N) is 1. The van der Waals surface area contributed by atoms with Crippen molar-refractivity contribution >= 4 is 51.5 Å². The molecular weight excluding hydrogens is 410 g/mol. The summed E-state index contributed by atoms with van der Waals surface area (Å²) in [6.45, 7) is 1.88. The van der Waals surface area contributed by atoms with Gasteiger partial charge in [-0.3, -0.25) is 10.2 Å². The molecular formula is C20H16ClN5O2S. The first-order valence-corrected chi connectivity index (χ1v) is 10.4. The summed E-state index contributed by atoms with van der Waals surface area (Å²) in [7, 11) is 0. The van der Waals surface area contributed by atoms with E-state index in [0.717, 1.165) is 36.7 Å². The van der Waals surface area contributed by atoms with E-state index in [0.29, 0.717) is 21.7 Å². The van der Waals surface area contributed by atoms with Crippen molar-refractivity contribution in [3.63, 3.8) is 0 Å². The summed E-state index contributed by atoms with van der Waals surface area (Å²) in [5, 5.41) is 16.2. The Labute approximate surface area is 176 Å². The van der Waals surface area contributed by atoms with Crippen molar-refractivity contribution < 1.29 is 9.21 Å². The molecule has 1 saturated heterocycles. The summed E-state index contributed by atoms with van der Waals surface area (Å²) in [6, 6.07) is 10.9. The Kier molecular flexibility index (Phi) is 4.52. The molecule has 0 spiro atoms. The summed E-state index contributed by atoms with van der Waals surface area (Å²) >= 11 is 7.56. The highest BCUT2D eigenvalue weighted by Crippen LogP contribution is 2.32. The van der Waals surface area contributed by atoms with Crippen LogP contribution < -0.4 is 0 Å². The first-order chi connectivity index (χ1) is 14.1. The molecule has 3 aliphatic rings. The Bertz CT molecular complexity index is 1110. The highest BCUT2D eigenvalue weighted by atomic mass is 35.5. The maximum atomic E-state index is 12.5. The van der Waals surface area contributed by atoms with Crippen molar-refractivity contribution in [2.45, 2.75) is 12.8 Å². The molecule has 0 unspecified atom stereocenters. The predicted molar refractivity (Wildman–Crippen MR) is 115 cm³/mol. The lowest BCUT2D eigenvalue weighted by Gasteiger charge is -2.19. The molecule has 1 N–H and O–H groups in total. The van der Waals surface area contributed by atoms with Crippen LogP contribution in [0.4, 0.5) is 0 Å². The van der Waals surface area contributed by atoms with Gasteiger partial charge >= 0.3 is 0 Å². The zero-order valence-corrected chi connectivity index (χ0v) is 16.8. The van der Waals surface area contributed by atoms with Gasteiger partial charge < -0.3 is 9.32 Å². The molecule has 0 radical (unpaired) electrons. The van der Waals surface area contributed by atoms with E-state index in [9.17, 15) is 4.79 Å². The van der Waals surface area contributed by atoms with E-state index >= 15 is 0 Å². The fourth-order valence-electron chi connectivity index (χ4n) is 3.40. The Morgan fingerprint density at radius 2 is 1.93 bits per heavy atom. The van der Waals surface area contributed by atoms with Crippen molar-refractivity contribution in [1.29, 1.82) is 5.41 Å². The zero-order chi connectivity index (χ0) is 20.0. The van der Waals surface area contributed by atoms with Crippen LogP contribution in [0, 0.1) is 5.41 Å². The first-order valence-electron chi connectivity index (χ1n) is 9.20. The van der Waals surface area contributed by atoms with E-state index in [-0.39, 0.29) is 11.4 Å². The second-order valence-corrected chi connectivity index (χ2v) is 8.12. The molecule has 2 aromatic rings. The zero-order valence-electron chi connectivity index (χ0n) is 15.3. The van der Waals surface area contributed by atoms with Crippen LogP contribution >= 0.6 is 23.4 Å². The molecule has 0 bridgehead atoms. The van der Waals surface area contributed by atoms with E-state index in [2.05, 4.69) is 15.0 Å². The number of benzene rings is 1. The summed E-state index contributed by atoms with van der Waals surface area (Å²) in [5.74, 6) is 0.564. The van der Waals surface area contributed by atoms with Crippen molar-refractivity contribution in [3.8, 4) is 11.3 Å². The van der Waals surface area contributed by atoms with Gasteiger partial charge in [0.05, 0.1) is 10.6 Å². The molecule has 0 atom stereocenters. The minimum absolute atomic E-state index is 0.00242. The number of amides is 1. The maximum absolute atomic E-state index is 12.5. The van der Waals surface area contributed by atoms with Gasteiger partial charge in [-0.15, -0.1) is 5.10 Å². The van der Waals surface area contributed by atoms with Crippen LogP contribution in [0.5, 0.6) is 0 Å². The van der Waals surface area contributed by atoms with E-state index in [1.165, 1.54) is 22.8 Å². The van der Waals surface area contributed by atoms with Gasteiger partial charge in [-0.2, -0.15) is 10.0 Å². The molecule has 1 fully saturated rings.